The Balaban J connectivity index is 2.06. The van der Waals surface area contributed by atoms with E-state index in [-0.39, 0.29) is 6.10 Å². The highest BCUT2D eigenvalue weighted by Gasteiger charge is 2.25. The van der Waals surface area contributed by atoms with Crippen LogP contribution >= 0.6 is 0 Å². The maximum absolute atomic E-state index is 6.32. The molecular formula is C23H28O5. The van der Waals surface area contributed by atoms with Crippen LogP contribution in [0.15, 0.2) is 30.3 Å². The van der Waals surface area contributed by atoms with Crippen LogP contribution in [0.3, 0.4) is 0 Å². The van der Waals surface area contributed by atoms with Crippen molar-refractivity contribution in [1.82, 2.24) is 0 Å². The lowest BCUT2D eigenvalue weighted by molar-refractivity contribution is 0.162. The monoisotopic (exact) mass is 384 g/mol. The van der Waals surface area contributed by atoms with Crippen molar-refractivity contribution in [2.24, 2.45) is 0 Å². The Morgan fingerprint density at radius 1 is 0.821 bits per heavy atom. The molecule has 0 amide bonds. The molecule has 5 heteroatoms. The van der Waals surface area contributed by atoms with Crippen molar-refractivity contribution in [3.8, 4) is 23.0 Å². The first-order valence-electron chi connectivity index (χ1n) is 9.69. The topological polar surface area (TPSA) is 46.2 Å². The van der Waals surface area contributed by atoms with E-state index in [1.165, 1.54) is 0 Å². The minimum atomic E-state index is -0.0584. The van der Waals surface area contributed by atoms with E-state index in [9.17, 15) is 0 Å². The lowest BCUT2D eigenvalue weighted by Crippen LogP contribution is -2.10. The molecule has 1 atom stereocenters. The van der Waals surface area contributed by atoms with Gasteiger partial charge in [-0.05, 0) is 62.2 Å². The van der Waals surface area contributed by atoms with Crippen LogP contribution in [-0.2, 0) is 4.74 Å². The number of ether oxygens (including phenoxy) is 5. The molecule has 5 nitrogen and oxygen atoms in total. The number of fused-ring (bicyclic) bond motifs is 1. The minimum Gasteiger partial charge on any atom is -0.493 e. The third kappa shape index (κ3) is 3.88. The molecule has 2 aromatic rings. The van der Waals surface area contributed by atoms with E-state index in [4.69, 9.17) is 23.7 Å². The summed E-state index contributed by atoms with van der Waals surface area (Å²) in [6, 6.07) is 9.90. The summed E-state index contributed by atoms with van der Waals surface area (Å²) in [5.74, 6) is 3.67. The molecule has 0 saturated heterocycles. The summed E-state index contributed by atoms with van der Waals surface area (Å²) < 4.78 is 28.7. The van der Waals surface area contributed by atoms with Gasteiger partial charge in [0.2, 0.25) is 0 Å². The van der Waals surface area contributed by atoms with Gasteiger partial charge >= 0.3 is 0 Å². The number of benzene rings is 2. The van der Waals surface area contributed by atoms with Gasteiger partial charge in [-0.15, -0.1) is 0 Å². The third-order valence-corrected chi connectivity index (χ3v) is 4.69. The van der Waals surface area contributed by atoms with E-state index in [2.05, 4.69) is 6.92 Å². The Morgan fingerprint density at radius 2 is 1.50 bits per heavy atom. The highest BCUT2D eigenvalue weighted by Crippen LogP contribution is 2.43. The maximum atomic E-state index is 6.32. The number of hydrogen-bond acceptors (Lipinski definition) is 5. The standard InChI is InChI=1S/C23H28O5/c1-6-18-17-14-22(25-5)21(24-4)13-16(17)12-20(28-18)15-9-10-19(26-7-2)23(11-15)27-8-3/h9-14,18H,6-8H2,1-5H3. The van der Waals surface area contributed by atoms with Crippen LogP contribution in [0, 0.1) is 0 Å². The van der Waals surface area contributed by atoms with Gasteiger partial charge in [0.1, 0.15) is 11.9 Å². The van der Waals surface area contributed by atoms with Gasteiger partial charge in [-0.1, -0.05) is 6.92 Å². The van der Waals surface area contributed by atoms with Crippen LogP contribution in [0.2, 0.25) is 0 Å². The zero-order valence-electron chi connectivity index (χ0n) is 17.2. The molecule has 1 heterocycles. The van der Waals surface area contributed by atoms with Crippen molar-refractivity contribution in [2.75, 3.05) is 27.4 Å². The summed E-state index contributed by atoms with van der Waals surface area (Å²) >= 11 is 0. The first kappa shape index (κ1) is 19.9. The predicted octanol–water partition coefficient (Wildman–Crippen LogP) is 5.48. The van der Waals surface area contributed by atoms with Gasteiger partial charge in [0, 0.05) is 11.1 Å². The van der Waals surface area contributed by atoms with Gasteiger partial charge in [0.05, 0.1) is 27.4 Å². The van der Waals surface area contributed by atoms with E-state index >= 15 is 0 Å². The zero-order valence-corrected chi connectivity index (χ0v) is 17.2. The summed E-state index contributed by atoms with van der Waals surface area (Å²) in [7, 11) is 3.29. The predicted molar refractivity (Wildman–Crippen MR) is 110 cm³/mol. The fraction of sp³-hybridized carbons (Fsp3) is 0.391. The quantitative estimate of drug-likeness (QED) is 0.603. The molecule has 0 aliphatic carbocycles. The molecule has 0 N–H and O–H groups in total. The maximum Gasteiger partial charge on any atom is 0.161 e. The Hall–Kier alpha value is -2.82. The SMILES string of the molecule is CCOc1ccc(C2=Cc3cc(OC)c(OC)cc3C(CC)O2)cc1OCC. The van der Waals surface area contributed by atoms with Crippen LogP contribution in [0.25, 0.3) is 11.8 Å². The second-order valence-corrected chi connectivity index (χ2v) is 6.39. The Morgan fingerprint density at radius 3 is 2.14 bits per heavy atom. The molecule has 0 fully saturated rings. The third-order valence-electron chi connectivity index (χ3n) is 4.69. The molecule has 1 unspecified atom stereocenters. The minimum absolute atomic E-state index is 0.0584. The van der Waals surface area contributed by atoms with Crippen LogP contribution in [0.4, 0.5) is 0 Å². The fourth-order valence-electron chi connectivity index (χ4n) is 3.37. The van der Waals surface area contributed by atoms with Gasteiger partial charge in [0.25, 0.3) is 0 Å². The Bertz CT molecular complexity index is 856. The zero-order chi connectivity index (χ0) is 20.1. The van der Waals surface area contributed by atoms with E-state index < -0.39 is 0 Å². The summed E-state index contributed by atoms with van der Waals surface area (Å²) in [6.45, 7) is 7.19. The van der Waals surface area contributed by atoms with Gasteiger partial charge in [-0.2, -0.15) is 0 Å². The molecular weight excluding hydrogens is 356 g/mol. The van der Waals surface area contributed by atoms with E-state index in [0.717, 1.165) is 40.4 Å². The molecule has 0 bridgehead atoms. The molecule has 1 aliphatic heterocycles. The normalized spacial score (nSPS) is 15.2. The van der Waals surface area contributed by atoms with Crippen LogP contribution in [0.5, 0.6) is 23.0 Å². The summed E-state index contributed by atoms with van der Waals surface area (Å²) in [5.41, 5.74) is 3.11. The van der Waals surface area contributed by atoms with Crippen molar-refractivity contribution in [2.45, 2.75) is 33.3 Å². The van der Waals surface area contributed by atoms with Crippen LogP contribution < -0.4 is 18.9 Å². The van der Waals surface area contributed by atoms with Gasteiger partial charge in [0.15, 0.2) is 23.0 Å². The van der Waals surface area contributed by atoms with Crippen LogP contribution in [0.1, 0.15) is 50.0 Å². The van der Waals surface area contributed by atoms with E-state index in [1.54, 1.807) is 14.2 Å². The van der Waals surface area contributed by atoms with E-state index in [1.807, 2.05) is 50.3 Å². The van der Waals surface area contributed by atoms with Crippen molar-refractivity contribution in [3.05, 3.63) is 47.0 Å². The molecule has 0 saturated carbocycles. The van der Waals surface area contributed by atoms with Crippen LogP contribution in [-0.4, -0.2) is 27.4 Å². The first-order chi connectivity index (χ1) is 13.6. The smallest absolute Gasteiger partial charge is 0.161 e. The lowest BCUT2D eigenvalue weighted by atomic mass is 9.95. The molecule has 3 rings (SSSR count). The molecule has 2 aromatic carbocycles. The summed E-state index contributed by atoms with van der Waals surface area (Å²) in [6.07, 6.45) is 2.82. The average molecular weight is 384 g/mol. The molecule has 1 aliphatic rings. The summed E-state index contributed by atoms with van der Waals surface area (Å²) in [4.78, 5) is 0. The Labute approximate surface area is 166 Å². The second-order valence-electron chi connectivity index (χ2n) is 6.39. The van der Waals surface area contributed by atoms with Crippen molar-refractivity contribution in [1.29, 1.82) is 0 Å². The number of rotatable bonds is 8. The number of hydrogen-bond donors (Lipinski definition) is 0. The highest BCUT2D eigenvalue weighted by molar-refractivity contribution is 5.82. The van der Waals surface area contributed by atoms with Gasteiger partial charge in [-0.3, -0.25) is 0 Å². The molecule has 150 valence electrons. The average Bonchev–Trinajstić information content (AvgIpc) is 2.73. The highest BCUT2D eigenvalue weighted by atomic mass is 16.5. The first-order valence-corrected chi connectivity index (χ1v) is 9.69. The largest absolute Gasteiger partial charge is 0.493 e. The fourth-order valence-corrected chi connectivity index (χ4v) is 3.37. The molecule has 0 aromatic heterocycles. The molecule has 0 radical (unpaired) electrons. The van der Waals surface area contributed by atoms with E-state index in [0.29, 0.717) is 24.7 Å². The second kappa shape index (κ2) is 8.91. The van der Waals surface area contributed by atoms with Crippen molar-refractivity contribution in [3.63, 3.8) is 0 Å². The lowest BCUT2D eigenvalue weighted by Gasteiger charge is -2.28. The van der Waals surface area contributed by atoms with Gasteiger partial charge in [-0.25, -0.2) is 0 Å². The molecule has 0 spiro atoms. The van der Waals surface area contributed by atoms with Crippen molar-refractivity contribution < 1.29 is 23.7 Å². The van der Waals surface area contributed by atoms with Crippen molar-refractivity contribution >= 4 is 11.8 Å². The number of methoxy groups -OCH3 is 2. The summed E-state index contributed by atoms with van der Waals surface area (Å²) in [5, 5.41) is 0. The molecule has 28 heavy (non-hydrogen) atoms. The Kier molecular flexibility index (Phi) is 6.34. The van der Waals surface area contributed by atoms with Gasteiger partial charge < -0.3 is 23.7 Å².